The van der Waals surface area contributed by atoms with Crippen LogP contribution in [-0.4, -0.2) is 23.5 Å². The number of hydrogen-bond donors (Lipinski definition) is 0. The maximum atomic E-state index is 11.6. The van der Waals surface area contributed by atoms with Gasteiger partial charge in [0.2, 0.25) is 0 Å². The van der Waals surface area contributed by atoms with Crippen LogP contribution in [0.1, 0.15) is 18.9 Å². The Bertz CT molecular complexity index is 486. The third-order valence-electron chi connectivity index (χ3n) is 2.26. The quantitative estimate of drug-likeness (QED) is 0.818. The minimum atomic E-state index is 0.0813. The summed E-state index contributed by atoms with van der Waals surface area (Å²) in [4.78, 5) is 16.1. The summed E-state index contributed by atoms with van der Waals surface area (Å²) in [5.41, 5.74) is 0.963. The molecular formula is C13H15NO2S. The maximum Gasteiger partial charge on any atom is 0.165 e. The molecule has 1 heterocycles. The van der Waals surface area contributed by atoms with Gasteiger partial charge in [-0.15, -0.1) is 11.3 Å². The first kappa shape index (κ1) is 12.2. The molecule has 0 fully saturated rings. The van der Waals surface area contributed by atoms with Crippen molar-refractivity contribution in [2.24, 2.45) is 0 Å². The Labute approximate surface area is 104 Å². The average Bonchev–Trinajstić information content (AvgIpc) is 2.68. The van der Waals surface area contributed by atoms with E-state index in [2.05, 4.69) is 4.98 Å². The van der Waals surface area contributed by atoms with E-state index < -0.39 is 0 Å². The van der Waals surface area contributed by atoms with Crippen LogP contribution in [0.3, 0.4) is 0 Å². The fourth-order valence-corrected chi connectivity index (χ4v) is 2.47. The molecule has 2 aromatic rings. The van der Waals surface area contributed by atoms with Crippen molar-refractivity contribution in [3.63, 3.8) is 0 Å². The molecule has 0 saturated heterocycles. The molecule has 0 saturated carbocycles. The van der Waals surface area contributed by atoms with Crippen molar-refractivity contribution in [3.8, 4) is 0 Å². The van der Waals surface area contributed by atoms with E-state index in [0.29, 0.717) is 6.42 Å². The van der Waals surface area contributed by atoms with Crippen LogP contribution in [0, 0.1) is 0 Å². The summed E-state index contributed by atoms with van der Waals surface area (Å²) >= 11 is 1.57. The highest BCUT2D eigenvalue weighted by Crippen LogP contribution is 2.21. The molecule has 0 amide bonds. The number of hydrogen-bond acceptors (Lipinski definition) is 4. The van der Waals surface area contributed by atoms with E-state index >= 15 is 0 Å². The lowest BCUT2D eigenvalue weighted by Crippen LogP contribution is -2.15. The lowest BCUT2D eigenvalue weighted by Gasteiger charge is -2.04. The highest BCUT2D eigenvalue weighted by Gasteiger charge is 2.09. The van der Waals surface area contributed by atoms with Gasteiger partial charge in [-0.1, -0.05) is 12.1 Å². The van der Waals surface area contributed by atoms with Crippen LogP contribution >= 0.6 is 11.3 Å². The summed E-state index contributed by atoms with van der Waals surface area (Å²) in [6, 6.07) is 7.92. The molecule has 0 radical (unpaired) electrons. The van der Waals surface area contributed by atoms with Crippen LogP contribution in [0.5, 0.6) is 0 Å². The molecule has 17 heavy (non-hydrogen) atoms. The molecule has 0 atom stereocenters. The van der Waals surface area contributed by atoms with Crippen molar-refractivity contribution in [1.29, 1.82) is 0 Å². The van der Waals surface area contributed by atoms with Crippen molar-refractivity contribution in [2.75, 3.05) is 6.61 Å². The second kappa shape index (κ2) is 5.38. The molecule has 1 aromatic carbocycles. The molecular weight excluding hydrogens is 234 g/mol. The fourth-order valence-electron chi connectivity index (χ4n) is 1.47. The molecule has 4 heteroatoms. The van der Waals surface area contributed by atoms with Crippen molar-refractivity contribution in [3.05, 3.63) is 29.3 Å². The third kappa shape index (κ3) is 3.35. The van der Waals surface area contributed by atoms with Crippen LogP contribution in [0.25, 0.3) is 10.2 Å². The number of para-hydroxylation sites is 1. The van der Waals surface area contributed by atoms with Gasteiger partial charge in [0, 0.05) is 0 Å². The van der Waals surface area contributed by atoms with E-state index in [9.17, 15) is 4.79 Å². The molecule has 0 unspecified atom stereocenters. The maximum absolute atomic E-state index is 11.6. The minimum absolute atomic E-state index is 0.0813. The Morgan fingerprint density at radius 3 is 2.88 bits per heavy atom. The van der Waals surface area contributed by atoms with E-state index in [4.69, 9.17) is 4.74 Å². The molecule has 0 N–H and O–H groups in total. The summed E-state index contributed by atoms with van der Waals surface area (Å²) in [5.74, 6) is 0.0813. The first-order valence-corrected chi connectivity index (χ1v) is 6.44. The minimum Gasteiger partial charge on any atom is -0.371 e. The van der Waals surface area contributed by atoms with Gasteiger partial charge < -0.3 is 4.74 Å². The fraction of sp³-hybridized carbons (Fsp3) is 0.385. The molecule has 3 nitrogen and oxygen atoms in total. The lowest BCUT2D eigenvalue weighted by molar-refractivity contribution is -0.124. The molecule has 0 aliphatic carbocycles. The standard InChI is InChI=1S/C13H15NO2S/c1-9(2)16-8-10(15)7-13-14-11-5-3-4-6-12(11)17-13/h3-6,9H,7-8H2,1-2H3. The number of carbonyl (C=O) groups is 1. The Kier molecular flexibility index (Phi) is 3.86. The van der Waals surface area contributed by atoms with Crippen molar-refractivity contribution < 1.29 is 9.53 Å². The second-order valence-corrected chi connectivity index (χ2v) is 5.27. The SMILES string of the molecule is CC(C)OCC(=O)Cc1nc2ccccc2s1. The summed E-state index contributed by atoms with van der Waals surface area (Å²) < 4.78 is 6.40. The summed E-state index contributed by atoms with van der Waals surface area (Å²) in [5, 5.41) is 0.864. The monoisotopic (exact) mass is 249 g/mol. The average molecular weight is 249 g/mol. The van der Waals surface area contributed by atoms with E-state index in [1.807, 2.05) is 38.1 Å². The topological polar surface area (TPSA) is 39.2 Å². The van der Waals surface area contributed by atoms with Gasteiger partial charge in [0.05, 0.1) is 22.7 Å². The predicted molar refractivity (Wildman–Crippen MR) is 69.4 cm³/mol. The van der Waals surface area contributed by atoms with E-state index in [0.717, 1.165) is 15.2 Å². The number of thiazole rings is 1. The van der Waals surface area contributed by atoms with Gasteiger partial charge in [-0.3, -0.25) is 4.79 Å². The van der Waals surface area contributed by atoms with Crippen molar-refractivity contribution in [2.45, 2.75) is 26.4 Å². The van der Waals surface area contributed by atoms with Crippen LogP contribution < -0.4 is 0 Å². The van der Waals surface area contributed by atoms with E-state index in [1.54, 1.807) is 11.3 Å². The van der Waals surface area contributed by atoms with Gasteiger partial charge in [-0.25, -0.2) is 4.98 Å². The van der Waals surface area contributed by atoms with Crippen molar-refractivity contribution >= 4 is 27.3 Å². The first-order chi connectivity index (χ1) is 8.15. The number of fused-ring (bicyclic) bond motifs is 1. The normalized spacial score (nSPS) is 11.2. The molecule has 0 bridgehead atoms. The zero-order chi connectivity index (χ0) is 12.3. The highest BCUT2D eigenvalue weighted by atomic mass is 32.1. The highest BCUT2D eigenvalue weighted by molar-refractivity contribution is 7.18. The predicted octanol–water partition coefficient (Wildman–Crippen LogP) is 2.83. The molecule has 0 aliphatic rings. The number of benzene rings is 1. The number of aromatic nitrogens is 1. The van der Waals surface area contributed by atoms with Gasteiger partial charge in [0.15, 0.2) is 5.78 Å². The van der Waals surface area contributed by atoms with Crippen LogP contribution in [0.15, 0.2) is 24.3 Å². The smallest absolute Gasteiger partial charge is 0.165 e. The van der Waals surface area contributed by atoms with Gasteiger partial charge in [-0.05, 0) is 26.0 Å². The number of ketones is 1. The van der Waals surface area contributed by atoms with Gasteiger partial charge in [0.25, 0.3) is 0 Å². The number of ether oxygens (including phenoxy) is 1. The zero-order valence-electron chi connectivity index (χ0n) is 9.97. The van der Waals surface area contributed by atoms with E-state index in [-0.39, 0.29) is 18.5 Å². The summed E-state index contributed by atoms with van der Waals surface area (Å²) in [6.07, 6.45) is 0.459. The van der Waals surface area contributed by atoms with Crippen LogP contribution in [0.2, 0.25) is 0 Å². The zero-order valence-corrected chi connectivity index (χ0v) is 10.8. The first-order valence-electron chi connectivity index (χ1n) is 5.63. The Morgan fingerprint density at radius 1 is 1.41 bits per heavy atom. The number of rotatable bonds is 5. The van der Waals surface area contributed by atoms with Crippen LogP contribution in [-0.2, 0) is 16.0 Å². The van der Waals surface area contributed by atoms with Crippen LogP contribution in [0.4, 0.5) is 0 Å². The van der Waals surface area contributed by atoms with Gasteiger partial charge in [0.1, 0.15) is 11.6 Å². The molecule has 0 spiro atoms. The second-order valence-electron chi connectivity index (χ2n) is 4.15. The lowest BCUT2D eigenvalue weighted by atomic mass is 10.3. The number of carbonyl (C=O) groups excluding carboxylic acids is 1. The molecule has 1 aromatic heterocycles. The number of Topliss-reactive ketones (excluding diaryl/α,β-unsaturated/α-hetero) is 1. The summed E-state index contributed by atoms with van der Waals surface area (Å²) in [6.45, 7) is 4.02. The van der Waals surface area contributed by atoms with Gasteiger partial charge >= 0.3 is 0 Å². The van der Waals surface area contributed by atoms with Gasteiger partial charge in [-0.2, -0.15) is 0 Å². The third-order valence-corrected chi connectivity index (χ3v) is 3.30. The van der Waals surface area contributed by atoms with Crippen molar-refractivity contribution in [1.82, 2.24) is 4.98 Å². The Balaban J connectivity index is 2.01. The van der Waals surface area contributed by atoms with E-state index in [1.165, 1.54) is 0 Å². The summed E-state index contributed by atoms with van der Waals surface area (Å²) in [7, 11) is 0. The Morgan fingerprint density at radius 2 is 2.18 bits per heavy atom. The number of nitrogens with zero attached hydrogens (tertiary/aromatic N) is 1. The molecule has 2 rings (SSSR count). The Hall–Kier alpha value is -1.26. The molecule has 0 aliphatic heterocycles. The molecule has 90 valence electrons. The largest absolute Gasteiger partial charge is 0.371 e.